The molecule has 0 aliphatic rings. The van der Waals surface area contributed by atoms with Gasteiger partial charge in [-0.2, -0.15) is 13.2 Å². The summed E-state index contributed by atoms with van der Waals surface area (Å²) < 4.78 is 42.6. The number of thiophene rings is 1. The summed E-state index contributed by atoms with van der Waals surface area (Å²) in [5.41, 5.74) is 2.06. The van der Waals surface area contributed by atoms with Gasteiger partial charge in [0.05, 0.1) is 11.2 Å². The zero-order valence-electron chi connectivity index (χ0n) is 32.6. The van der Waals surface area contributed by atoms with E-state index in [4.69, 9.17) is 4.98 Å². The number of fused-ring (bicyclic) bond motifs is 4. The second-order valence-electron chi connectivity index (χ2n) is 14.9. The largest absolute Gasteiger partial charge is 0.512 e. The molecule has 0 aliphatic carbocycles. The number of ketones is 1. The van der Waals surface area contributed by atoms with Crippen molar-refractivity contribution in [3.05, 3.63) is 89.8 Å². The van der Waals surface area contributed by atoms with Crippen molar-refractivity contribution in [1.82, 2.24) is 4.98 Å². The van der Waals surface area contributed by atoms with Gasteiger partial charge in [0.1, 0.15) is 0 Å². The summed E-state index contributed by atoms with van der Waals surface area (Å²) in [5.74, 6) is 0.547. The second-order valence-corrected chi connectivity index (χ2v) is 16.0. The van der Waals surface area contributed by atoms with Crippen LogP contribution in [-0.4, -0.2) is 22.1 Å². The van der Waals surface area contributed by atoms with Crippen LogP contribution in [0.2, 0.25) is 0 Å². The maximum atomic E-state index is 13.5. The number of aromatic nitrogens is 1. The van der Waals surface area contributed by atoms with E-state index in [2.05, 4.69) is 51.1 Å². The minimum atomic E-state index is -4.26. The molecule has 0 spiro atoms. The van der Waals surface area contributed by atoms with Crippen molar-refractivity contribution in [2.45, 2.75) is 119 Å². The fourth-order valence-corrected chi connectivity index (χ4v) is 8.19. The van der Waals surface area contributed by atoms with Crippen LogP contribution < -0.4 is 0 Å². The van der Waals surface area contributed by atoms with E-state index in [1.54, 1.807) is 11.3 Å². The Kier molecular flexibility index (Phi) is 15.5. The minimum Gasteiger partial charge on any atom is -0.512 e. The van der Waals surface area contributed by atoms with Crippen molar-refractivity contribution >= 4 is 48.1 Å². The molecule has 1 N–H and O–H groups in total. The first-order valence-corrected chi connectivity index (χ1v) is 19.7. The number of nitrogens with zero attached hydrogens (tertiary/aromatic N) is 1. The molecule has 1 radical (unpaired) electrons. The Balaban J connectivity index is 0.000000403. The van der Waals surface area contributed by atoms with E-state index in [-0.39, 0.29) is 55.3 Å². The fraction of sp³-hybridized carbons (Fsp3) is 0.467. The van der Waals surface area contributed by atoms with Crippen molar-refractivity contribution < 1.29 is 43.2 Å². The Morgan fingerprint density at radius 2 is 1.47 bits per heavy atom. The van der Waals surface area contributed by atoms with Crippen molar-refractivity contribution in [3.63, 3.8) is 0 Å². The predicted octanol–water partition coefficient (Wildman–Crippen LogP) is 14.1. The van der Waals surface area contributed by atoms with Crippen LogP contribution in [0.25, 0.3) is 42.2 Å². The molecule has 0 atom stereocenters. The number of benzene rings is 3. The Hall–Kier alpha value is -3.06. The molecule has 8 heteroatoms. The van der Waals surface area contributed by atoms with E-state index in [1.807, 2.05) is 64.2 Å². The summed E-state index contributed by atoms with van der Waals surface area (Å²) in [6, 6.07) is 22.0. The van der Waals surface area contributed by atoms with Crippen molar-refractivity contribution in [2.24, 2.45) is 17.3 Å². The Bertz CT molecular complexity index is 2020. The van der Waals surface area contributed by atoms with Gasteiger partial charge in [-0.25, -0.2) is 0 Å². The first-order valence-electron chi connectivity index (χ1n) is 18.8. The summed E-state index contributed by atoms with van der Waals surface area (Å²) in [6.07, 6.45) is 4.47. The number of aliphatic hydroxyl groups excluding tert-OH is 1. The molecule has 0 saturated heterocycles. The minimum absolute atomic E-state index is 0. The van der Waals surface area contributed by atoms with Crippen LogP contribution in [0.1, 0.15) is 112 Å². The molecular formula is C45H55F3IrNO2S-. The third-order valence-electron chi connectivity index (χ3n) is 11.2. The van der Waals surface area contributed by atoms with Crippen LogP contribution >= 0.6 is 11.3 Å². The van der Waals surface area contributed by atoms with Crippen molar-refractivity contribution in [2.75, 3.05) is 0 Å². The van der Waals surface area contributed by atoms with Crippen LogP contribution in [0.4, 0.5) is 13.2 Å². The third-order valence-corrected chi connectivity index (χ3v) is 12.4. The van der Waals surface area contributed by atoms with Crippen molar-refractivity contribution in [1.29, 1.82) is 0 Å². The molecule has 0 fully saturated rings. The molecule has 5 aromatic rings. The molecule has 2 heterocycles. The first kappa shape index (κ1) is 44.3. The predicted molar refractivity (Wildman–Crippen MR) is 214 cm³/mol. The van der Waals surface area contributed by atoms with Gasteiger partial charge in [-0.1, -0.05) is 104 Å². The summed E-state index contributed by atoms with van der Waals surface area (Å²) >= 11 is 1.60. The summed E-state index contributed by atoms with van der Waals surface area (Å²) in [5, 5.41) is 14.2. The van der Waals surface area contributed by atoms with Gasteiger partial charge < -0.3 is 5.11 Å². The summed E-state index contributed by atoms with van der Waals surface area (Å²) in [7, 11) is 0. The number of hydrogen-bond donors (Lipinski definition) is 1. The zero-order chi connectivity index (χ0) is 38.4. The number of carbonyl (C=O) groups is 1. The van der Waals surface area contributed by atoms with E-state index >= 15 is 0 Å². The number of pyridine rings is 1. The fourth-order valence-electron chi connectivity index (χ4n) is 6.93. The molecular weight excluding hydrogens is 868 g/mol. The second kappa shape index (κ2) is 18.5. The van der Waals surface area contributed by atoms with Crippen LogP contribution in [0.15, 0.2) is 72.6 Å². The molecule has 53 heavy (non-hydrogen) atoms. The molecule has 2 aromatic heterocycles. The first-order chi connectivity index (χ1) is 24.6. The Morgan fingerprint density at radius 1 is 0.849 bits per heavy atom. The number of alkyl halides is 3. The standard InChI is InChI=1S/C32H31F3NS.C13H24O2.Ir/c1-6-31(5,7-2)26-18-22(17-21-10-8-9-11-23(21)26)28-29-25(14-15-36-28)24-13-12-20(16-27(24)37-29)19-30(3,4)32(33,34)35;1-5-10(6-2)12(14)9-13(15)11(7-3)8-4;/h8-16,18H,6-7,19H2,1-5H3;9-11,14H,5-8H2,1-4H3;/q-1;;/b;12-9-;. The molecule has 0 bridgehead atoms. The maximum Gasteiger partial charge on any atom is 0.394 e. The molecule has 0 amide bonds. The number of allylic oxidation sites excluding steroid dienone is 2. The maximum absolute atomic E-state index is 13.5. The van der Waals surface area contributed by atoms with E-state index in [0.717, 1.165) is 75.3 Å². The van der Waals surface area contributed by atoms with E-state index in [0.29, 0.717) is 5.56 Å². The van der Waals surface area contributed by atoms with Gasteiger partial charge in [-0.05, 0) is 78.8 Å². The number of carbonyl (C=O) groups excluding carboxylic acids is 1. The van der Waals surface area contributed by atoms with Crippen LogP contribution in [0, 0.1) is 23.3 Å². The van der Waals surface area contributed by atoms with E-state index < -0.39 is 11.6 Å². The number of rotatable bonds is 13. The van der Waals surface area contributed by atoms with Gasteiger partial charge in [0.15, 0.2) is 5.78 Å². The molecule has 289 valence electrons. The van der Waals surface area contributed by atoms with Gasteiger partial charge in [0.25, 0.3) is 0 Å². The zero-order valence-corrected chi connectivity index (χ0v) is 35.8. The third kappa shape index (κ3) is 9.79. The SMILES string of the molecule is CCC(C)(CC)c1cc(-c2nccc3c2sc2cc(CC(C)(C)C(F)(F)F)ccc23)[c-]c2ccccc12.CCC(CC)C(=O)/C=C(\O)C(CC)CC.[Ir]. The van der Waals surface area contributed by atoms with Crippen LogP contribution in [0.5, 0.6) is 0 Å². The number of halogens is 3. The van der Waals surface area contributed by atoms with Crippen LogP contribution in [0.3, 0.4) is 0 Å². The van der Waals surface area contributed by atoms with Gasteiger partial charge in [-0.3, -0.25) is 9.78 Å². The molecule has 3 aromatic carbocycles. The summed E-state index contributed by atoms with van der Waals surface area (Å²) in [6.45, 7) is 17.4. The van der Waals surface area contributed by atoms with Gasteiger partial charge in [0, 0.05) is 59.3 Å². The van der Waals surface area contributed by atoms with Gasteiger partial charge in [0.2, 0.25) is 0 Å². The average Bonchev–Trinajstić information content (AvgIpc) is 3.49. The van der Waals surface area contributed by atoms with Crippen molar-refractivity contribution in [3.8, 4) is 11.3 Å². The number of hydrogen-bond acceptors (Lipinski definition) is 4. The summed E-state index contributed by atoms with van der Waals surface area (Å²) in [4.78, 5) is 16.5. The monoisotopic (exact) mass is 923 g/mol. The molecule has 3 nitrogen and oxygen atoms in total. The molecule has 0 aliphatic heterocycles. The molecule has 0 unspecified atom stereocenters. The van der Waals surface area contributed by atoms with E-state index in [1.165, 1.54) is 30.9 Å². The Labute approximate surface area is 331 Å². The van der Waals surface area contributed by atoms with E-state index in [9.17, 15) is 23.1 Å². The van der Waals surface area contributed by atoms with Gasteiger partial charge >= 0.3 is 6.18 Å². The smallest absolute Gasteiger partial charge is 0.394 e. The quantitative estimate of drug-likeness (QED) is 0.0727. The molecule has 0 saturated carbocycles. The Morgan fingerprint density at radius 3 is 2.06 bits per heavy atom. The van der Waals surface area contributed by atoms with Crippen LogP contribution in [-0.2, 0) is 36.7 Å². The molecule has 5 rings (SSSR count). The normalized spacial score (nSPS) is 12.8. The van der Waals surface area contributed by atoms with Gasteiger partial charge in [-0.15, -0.1) is 40.5 Å². The average molecular weight is 923 g/mol. The topological polar surface area (TPSA) is 50.2 Å². The number of aliphatic hydroxyl groups is 1.